The van der Waals surface area contributed by atoms with Crippen molar-refractivity contribution < 1.29 is 14.1 Å². The van der Waals surface area contributed by atoms with Crippen LogP contribution in [-0.4, -0.2) is 36.0 Å². The molecule has 0 fully saturated rings. The Morgan fingerprint density at radius 1 is 1.10 bits per heavy atom. The molecule has 1 heterocycles. The normalized spacial score (nSPS) is 10.7. The molecule has 30 heavy (non-hydrogen) atoms. The Kier molecular flexibility index (Phi) is 6.95. The third kappa shape index (κ3) is 4.91. The minimum atomic E-state index is -0.129. The van der Waals surface area contributed by atoms with Gasteiger partial charge in [-0.05, 0) is 43.7 Å². The van der Waals surface area contributed by atoms with E-state index in [0.717, 1.165) is 27.5 Å². The van der Waals surface area contributed by atoms with Crippen LogP contribution in [0.2, 0.25) is 0 Å². The van der Waals surface area contributed by atoms with Gasteiger partial charge in [0.15, 0.2) is 0 Å². The molecule has 0 spiro atoms. The van der Waals surface area contributed by atoms with Crippen LogP contribution in [0, 0.1) is 13.8 Å². The maximum Gasteiger partial charge on any atom is 0.255 e. The minimum Gasteiger partial charge on any atom is -0.361 e. The third-order valence-corrected chi connectivity index (χ3v) is 5.98. The second kappa shape index (κ2) is 9.63. The Hall–Kier alpha value is -3.06. The molecule has 2 amide bonds. The molecular weight excluding hydrogens is 398 g/mol. The van der Waals surface area contributed by atoms with E-state index >= 15 is 0 Å². The fourth-order valence-electron chi connectivity index (χ4n) is 3.08. The standard InChI is InChI=1S/C23H25N3O3S/c1-15-20(16(2)29-25-15)14-30-21-8-6-5-7-19(21)23(28)26(4)13-17-9-11-18(12-10-17)22(27)24-3/h5-12H,13-14H2,1-4H3,(H,24,27). The molecule has 0 saturated heterocycles. The van der Waals surface area contributed by atoms with Gasteiger partial charge in [0.2, 0.25) is 0 Å². The van der Waals surface area contributed by atoms with E-state index in [4.69, 9.17) is 4.52 Å². The molecule has 1 N–H and O–H groups in total. The molecule has 3 rings (SSSR count). The average molecular weight is 424 g/mol. The summed E-state index contributed by atoms with van der Waals surface area (Å²) in [4.78, 5) is 27.4. The lowest BCUT2D eigenvalue weighted by atomic mass is 10.1. The predicted octanol–water partition coefficient (Wildman–Crippen LogP) is 4.22. The van der Waals surface area contributed by atoms with Crippen molar-refractivity contribution >= 4 is 23.6 Å². The van der Waals surface area contributed by atoms with E-state index in [-0.39, 0.29) is 11.8 Å². The summed E-state index contributed by atoms with van der Waals surface area (Å²) < 4.78 is 5.23. The first kappa shape index (κ1) is 21.6. The number of aromatic nitrogens is 1. The highest BCUT2D eigenvalue weighted by atomic mass is 32.2. The van der Waals surface area contributed by atoms with Crippen molar-refractivity contribution in [1.29, 1.82) is 0 Å². The van der Waals surface area contributed by atoms with Crippen LogP contribution in [0.4, 0.5) is 0 Å². The number of aryl methyl sites for hydroxylation is 2. The number of nitrogens with zero attached hydrogens (tertiary/aromatic N) is 2. The number of rotatable bonds is 7. The van der Waals surface area contributed by atoms with Gasteiger partial charge in [-0.15, -0.1) is 11.8 Å². The van der Waals surface area contributed by atoms with Gasteiger partial charge in [0, 0.05) is 42.4 Å². The van der Waals surface area contributed by atoms with Gasteiger partial charge in [0.1, 0.15) is 5.76 Å². The smallest absolute Gasteiger partial charge is 0.255 e. The highest BCUT2D eigenvalue weighted by Gasteiger charge is 2.18. The van der Waals surface area contributed by atoms with Gasteiger partial charge in [0.25, 0.3) is 11.8 Å². The van der Waals surface area contributed by atoms with Crippen LogP contribution < -0.4 is 5.32 Å². The zero-order chi connectivity index (χ0) is 21.7. The topological polar surface area (TPSA) is 75.4 Å². The van der Waals surface area contributed by atoms with Crippen molar-refractivity contribution in [2.24, 2.45) is 0 Å². The number of benzene rings is 2. The first-order chi connectivity index (χ1) is 14.4. The lowest BCUT2D eigenvalue weighted by molar-refractivity contribution is 0.0781. The van der Waals surface area contributed by atoms with E-state index in [1.807, 2.05) is 50.2 Å². The first-order valence-electron chi connectivity index (χ1n) is 9.60. The summed E-state index contributed by atoms with van der Waals surface area (Å²) in [6.07, 6.45) is 0. The fraction of sp³-hybridized carbons (Fsp3) is 0.261. The van der Waals surface area contributed by atoms with Gasteiger partial charge in [-0.1, -0.05) is 29.4 Å². The summed E-state index contributed by atoms with van der Waals surface area (Å²) in [5.74, 6) is 1.32. The van der Waals surface area contributed by atoms with Crippen LogP contribution in [0.25, 0.3) is 0 Å². The fourth-order valence-corrected chi connectivity index (χ4v) is 4.28. The quantitative estimate of drug-likeness (QED) is 0.576. The Balaban J connectivity index is 1.71. The van der Waals surface area contributed by atoms with Crippen LogP contribution in [-0.2, 0) is 12.3 Å². The van der Waals surface area contributed by atoms with Gasteiger partial charge in [-0.3, -0.25) is 9.59 Å². The highest BCUT2D eigenvalue weighted by Crippen LogP contribution is 2.29. The lowest BCUT2D eigenvalue weighted by Crippen LogP contribution is -2.26. The summed E-state index contributed by atoms with van der Waals surface area (Å²) >= 11 is 1.60. The molecule has 3 aromatic rings. The van der Waals surface area contributed by atoms with Gasteiger partial charge in [-0.2, -0.15) is 0 Å². The van der Waals surface area contributed by atoms with Crippen LogP contribution >= 0.6 is 11.8 Å². The molecule has 0 unspecified atom stereocenters. The Labute approximate surface area is 180 Å². The SMILES string of the molecule is CNC(=O)c1ccc(CN(C)C(=O)c2ccccc2SCc2c(C)noc2C)cc1. The van der Waals surface area contributed by atoms with Gasteiger partial charge < -0.3 is 14.7 Å². The van der Waals surface area contributed by atoms with Crippen LogP contribution in [0.1, 0.15) is 43.3 Å². The number of hydrogen-bond donors (Lipinski definition) is 1. The van der Waals surface area contributed by atoms with E-state index in [0.29, 0.717) is 23.4 Å². The van der Waals surface area contributed by atoms with Crippen LogP contribution in [0.5, 0.6) is 0 Å². The maximum absolute atomic E-state index is 13.1. The van der Waals surface area contributed by atoms with Crippen LogP contribution in [0.15, 0.2) is 57.9 Å². The van der Waals surface area contributed by atoms with E-state index in [1.165, 1.54) is 0 Å². The summed E-state index contributed by atoms with van der Waals surface area (Å²) in [6.45, 7) is 4.28. The largest absolute Gasteiger partial charge is 0.361 e. The van der Waals surface area contributed by atoms with E-state index in [2.05, 4.69) is 10.5 Å². The minimum absolute atomic E-state index is 0.0489. The summed E-state index contributed by atoms with van der Waals surface area (Å²) in [6, 6.07) is 14.9. The molecule has 7 heteroatoms. The Morgan fingerprint density at radius 3 is 2.43 bits per heavy atom. The molecule has 2 aromatic carbocycles. The van der Waals surface area contributed by atoms with Gasteiger partial charge >= 0.3 is 0 Å². The molecule has 0 aliphatic carbocycles. The Bertz CT molecular complexity index is 1020. The van der Waals surface area contributed by atoms with Crippen molar-refractivity contribution in [1.82, 2.24) is 15.4 Å². The molecule has 0 bridgehead atoms. The number of carbonyl (C=O) groups excluding carboxylic acids is 2. The summed E-state index contributed by atoms with van der Waals surface area (Å²) in [7, 11) is 3.38. The zero-order valence-electron chi connectivity index (χ0n) is 17.6. The van der Waals surface area contributed by atoms with Crippen molar-refractivity contribution in [2.45, 2.75) is 31.0 Å². The third-order valence-electron chi connectivity index (χ3n) is 4.88. The molecule has 1 aromatic heterocycles. The lowest BCUT2D eigenvalue weighted by Gasteiger charge is -2.19. The van der Waals surface area contributed by atoms with Gasteiger partial charge in [0.05, 0.1) is 11.3 Å². The second-order valence-electron chi connectivity index (χ2n) is 7.02. The second-order valence-corrected chi connectivity index (χ2v) is 8.04. The van der Waals surface area contributed by atoms with Crippen LogP contribution in [0.3, 0.4) is 0 Å². The average Bonchev–Trinajstić information content (AvgIpc) is 3.09. The van der Waals surface area contributed by atoms with Crippen molar-refractivity contribution in [3.05, 3.63) is 82.2 Å². The molecule has 0 aliphatic rings. The van der Waals surface area contributed by atoms with Crippen molar-refractivity contribution in [3.8, 4) is 0 Å². The number of amides is 2. The van der Waals surface area contributed by atoms with Gasteiger partial charge in [-0.25, -0.2) is 0 Å². The van der Waals surface area contributed by atoms with E-state index in [1.54, 1.807) is 42.9 Å². The molecule has 0 radical (unpaired) electrons. The van der Waals surface area contributed by atoms with Crippen molar-refractivity contribution in [2.75, 3.05) is 14.1 Å². The molecule has 6 nitrogen and oxygen atoms in total. The molecule has 0 saturated carbocycles. The van der Waals surface area contributed by atoms with E-state index in [9.17, 15) is 9.59 Å². The number of thioether (sulfide) groups is 1. The molecule has 0 aliphatic heterocycles. The predicted molar refractivity (Wildman–Crippen MR) is 118 cm³/mol. The molecule has 0 atom stereocenters. The molecular formula is C23H25N3O3S. The number of carbonyl (C=O) groups is 2. The summed E-state index contributed by atoms with van der Waals surface area (Å²) in [5.41, 5.74) is 4.15. The summed E-state index contributed by atoms with van der Waals surface area (Å²) in [5, 5.41) is 6.60. The number of hydrogen-bond acceptors (Lipinski definition) is 5. The Morgan fingerprint density at radius 2 is 1.80 bits per heavy atom. The highest BCUT2D eigenvalue weighted by molar-refractivity contribution is 7.98. The molecule has 156 valence electrons. The monoisotopic (exact) mass is 423 g/mol. The zero-order valence-corrected chi connectivity index (χ0v) is 18.4. The number of nitrogens with one attached hydrogen (secondary N) is 1. The van der Waals surface area contributed by atoms with E-state index < -0.39 is 0 Å². The maximum atomic E-state index is 13.1. The first-order valence-corrected chi connectivity index (χ1v) is 10.6. The van der Waals surface area contributed by atoms with Crippen molar-refractivity contribution in [3.63, 3.8) is 0 Å².